The lowest BCUT2D eigenvalue weighted by atomic mass is 9.92. The van der Waals surface area contributed by atoms with Gasteiger partial charge in [-0.2, -0.15) is 5.10 Å². The highest BCUT2D eigenvalue weighted by molar-refractivity contribution is 14.0. The Morgan fingerprint density at radius 3 is 2.56 bits per heavy atom. The summed E-state index contributed by atoms with van der Waals surface area (Å²) in [5, 5.41) is 21.5. The minimum atomic E-state index is -1.03. The van der Waals surface area contributed by atoms with Crippen molar-refractivity contribution in [2.75, 3.05) is 39.3 Å². The zero-order chi connectivity index (χ0) is 19.2. The summed E-state index contributed by atoms with van der Waals surface area (Å²) in [6.07, 6.45) is 4.85. The predicted octanol–water partition coefficient (Wildman–Crippen LogP) is 1.78. The maximum absolute atomic E-state index is 10.7. The highest BCUT2D eigenvalue weighted by Crippen LogP contribution is 2.21. The van der Waals surface area contributed by atoms with E-state index in [4.69, 9.17) is 0 Å². The predicted molar refractivity (Wildman–Crippen MR) is 122 cm³/mol. The third kappa shape index (κ3) is 7.95. The van der Waals surface area contributed by atoms with E-state index in [0.29, 0.717) is 0 Å². The number of likely N-dealkylation sites (tertiary alicyclic amines) is 1. The molecule has 2 rings (SSSR count). The maximum Gasteiger partial charge on any atom is 0.191 e. The summed E-state index contributed by atoms with van der Waals surface area (Å²) in [6.45, 7) is 13.8. The SMILES string of the molecule is CCNC(=NCC(C)(O)c1cnn(C)c1)NCCN1CC(C)CC(C)C1.I. The number of aryl methyl sites for hydroxylation is 1. The van der Waals surface area contributed by atoms with Crippen molar-refractivity contribution in [3.05, 3.63) is 18.0 Å². The van der Waals surface area contributed by atoms with Crippen LogP contribution in [0.1, 0.15) is 39.7 Å². The molecule has 0 aliphatic carbocycles. The lowest BCUT2D eigenvalue weighted by Gasteiger charge is -2.35. The molecule has 0 spiro atoms. The highest BCUT2D eigenvalue weighted by Gasteiger charge is 2.25. The second kappa shape index (κ2) is 11.2. The minimum absolute atomic E-state index is 0. The van der Waals surface area contributed by atoms with Gasteiger partial charge in [0.05, 0.1) is 12.7 Å². The number of guanidine groups is 1. The Morgan fingerprint density at radius 2 is 2.00 bits per heavy atom. The molecule has 3 atom stereocenters. The molecular weight excluding hydrogens is 455 g/mol. The third-order valence-corrected chi connectivity index (χ3v) is 4.88. The summed E-state index contributed by atoms with van der Waals surface area (Å²) >= 11 is 0. The Balaban J connectivity index is 0.00000364. The summed E-state index contributed by atoms with van der Waals surface area (Å²) in [5.74, 6) is 2.29. The largest absolute Gasteiger partial charge is 0.383 e. The lowest BCUT2D eigenvalue weighted by Crippen LogP contribution is -2.45. The topological polar surface area (TPSA) is 77.7 Å². The van der Waals surface area contributed by atoms with Gasteiger partial charge in [0.2, 0.25) is 0 Å². The maximum atomic E-state index is 10.7. The van der Waals surface area contributed by atoms with Gasteiger partial charge in [0.1, 0.15) is 5.60 Å². The van der Waals surface area contributed by atoms with E-state index < -0.39 is 5.60 Å². The van der Waals surface area contributed by atoms with Crippen molar-refractivity contribution < 1.29 is 5.11 Å². The van der Waals surface area contributed by atoms with Crippen molar-refractivity contribution in [3.8, 4) is 0 Å². The number of piperidine rings is 1. The number of nitrogens with one attached hydrogen (secondary N) is 2. The summed E-state index contributed by atoms with van der Waals surface area (Å²) in [7, 11) is 1.84. The Hall–Kier alpha value is -0.870. The van der Waals surface area contributed by atoms with Crippen LogP contribution in [0.25, 0.3) is 0 Å². The minimum Gasteiger partial charge on any atom is -0.383 e. The summed E-state index contributed by atoms with van der Waals surface area (Å²) < 4.78 is 1.69. The molecule has 1 aliphatic rings. The molecule has 1 aromatic rings. The molecule has 1 saturated heterocycles. The molecule has 0 bridgehead atoms. The van der Waals surface area contributed by atoms with Gasteiger partial charge < -0.3 is 20.6 Å². The molecule has 7 nitrogen and oxygen atoms in total. The van der Waals surface area contributed by atoms with E-state index in [1.165, 1.54) is 19.5 Å². The van der Waals surface area contributed by atoms with Crippen LogP contribution < -0.4 is 10.6 Å². The van der Waals surface area contributed by atoms with Crippen LogP contribution in [0.15, 0.2) is 17.4 Å². The van der Waals surface area contributed by atoms with Gasteiger partial charge >= 0.3 is 0 Å². The van der Waals surface area contributed by atoms with Crippen molar-refractivity contribution in [2.24, 2.45) is 23.9 Å². The smallest absolute Gasteiger partial charge is 0.191 e. The molecule has 1 aliphatic heterocycles. The number of hydrogen-bond acceptors (Lipinski definition) is 4. The molecule has 0 saturated carbocycles. The molecule has 2 heterocycles. The van der Waals surface area contributed by atoms with E-state index in [0.717, 1.165) is 43.0 Å². The zero-order valence-electron chi connectivity index (χ0n) is 17.4. The van der Waals surface area contributed by atoms with E-state index in [1.54, 1.807) is 17.8 Å². The fraction of sp³-hybridized carbons (Fsp3) is 0.789. The van der Waals surface area contributed by atoms with Crippen molar-refractivity contribution in [1.82, 2.24) is 25.3 Å². The normalized spacial score (nSPS) is 23.4. The van der Waals surface area contributed by atoms with Crippen LogP contribution in [0.2, 0.25) is 0 Å². The highest BCUT2D eigenvalue weighted by atomic mass is 127. The first-order chi connectivity index (χ1) is 12.3. The van der Waals surface area contributed by atoms with Crippen LogP contribution in [-0.2, 0) is 12.6 Å². The van der Waals surface area contributed by atoms with E-state index in [-0.39, 0.29) is 30.5 Å². The molecule has 0 amide bonds. The Labute approximate surface area is 181 Å². The van der Waals surface area contributed by atoms with Crippen molar-refractivity contribution in [1.29, 1.82) is 0 Å². The Kier molecular flexibility index (Phi) is 10.0. The van der Waals surface area contributed by atoms with Crippen LogP contribution in [0, 0.1) is 11.8 Å². The number of aliphatic hydroxyl groups is 1. The van der Waals surface area contributed by atoms with Gasteiger partial charge in [-0.3, -0.25) is 4.68 Å². The number of nitrogens with zero attached hydrogens (tertiary/aromatic N) is 4. The van der Waals surface area contributed by atoms with Crippen molar-refractivity contribution >= 4 is 29.9 Å². The van der Waals surface area contributed by atoms with Crippen molar-refractivity contribution in [2.45, 2.75) is 39.7 Å². The standard InChI is InChI=1S/C19H36N6O.HI/c1-6-20-18(21-7-8-25-11-15(2)9-16(3)12-25)22-14-19(4,26)17-10-23-24(5)13-17;/h10,13,15-16,26H,6-9,11-12,14H2,1-5H3,(H2,20,21,22);1H. The number of rotatable bonds is 7. The second-order valence-electron chi connectivity index (χ2n) is 8.00. The van der Waals surface area contributed by atoms with Crippen LogP contribution in [0.3, 0.4) is 0 Å². The fourth-order valence-corrected chi connectivity index (χ4v) is 3.67. The van der Waals surface area contributed by atoms with Crippen LogP contribution >= 0.6 is 24.0 Å². The number of halogens is 1. The van der Waals surface area contributed by atoms with E-state index in [1.807, 2.05) is 20.2 Å². The Bertz CT molecular complexity index is 579. The molecule has 0 radical (unpaired) electrons. The molecular formula is C19H37IN6O. The molecule has 0 aromatic carbocycles. The number of aliphatic imine (C=N–C) groups is 1. The van der Waals surface area contributed by atoms with Crippen LogP contribution in [0.5, 0.6) is 0 Å². The number of hydrogen-bond donors (Lipinski definition) is 3. The fourth-order valence-electron chi connectivity index (χ4n) is 3.67. The first kappa shape index (κ1) is 24.2. The molecule has 1 fully saturated rings. The quantitative estimate of drug-likeness (QED) is 0.307. The molecule has 1 aromatic heterocycles. The van der Waals surface area contributed by atoms with Gasteiger partial charge in [-0.25, -0.2) is 4.99 Å². The van der Waals surface area contributed by atoms with E-state index in [9.17, 15) is 5.11 Å². The molecule has 3 unspecified atom stereocenters. The molecule has 156 valence electrons. The monoisotopic (exact) mass is 492 g/mol. The molecule has 3 N–H and O–H groups in total. The zero-order valence-corrected chi connectivity index (χ0v) is 19.7. The summed E-state index contributed by atoms with van der Waals surface area (Å²) in [4.78, 5) is 7.10. The number of aromatic nitrogens is 2. The Morgan fingerprint density at radius 1 is 1.33 bits per heavy atom. The summed E-state index contributed by atoms with van der Waals surface area (Å²) in [6, 6.07) is 0. The van der Waals surface area contributed by atoms with Gasteiger partial charge in [-0.05, 0) is 32.1 Å². The van der Waals surface area contributed by atoms with Gasteiger partial charge in [-0.15, -0.1) is 24.0 Å². The average Bonchev–Trinajstić information content (AvgIpc) is 2.99. The molecule has 27 heavy (non-hydrogen) atoms. The van der Waals surface area contributed by atoms with E-state index in [2.05, 4.69) is 39.5 Å². The average molecular weight is 492 g/mol. The second-order valence-corrected chi connectivity index (χ2v) is 8.00. The van der Waals surface area contributed by atoms with Gasteiger partial charge in [-0.1, -0.05) is 13.8 Å². The van der Waals surface area contributed by atoms with Crippen molar-refractivity contribution in [3.63, 3.8) is 0 Å². The van der Waals surface area contributed by atoms with E-state index >= 15 is 0 Å². The van der Waals surface area contributed by atoms with Gasteiger partial charge in [0.15, 0.2) is 5.96 Å². The van der Waals surface area contributed by atoms with Crippen LogP contribution in [-0.4, -0.2) is 65.0 Å². The lowest BCUT2D eigenvalue weighted by molar-refractivity contribution is 0.0671. The first-order valence-corrected chi connectivity index (χ1v) is 9.76. The van der Waals surface area contributed by atoms with Gasteiger partial charge in [0.25, 0.3) is 0 Å². The van der Waals surface area contributed by atoms with Gasteiger partial charge in [0, 0.05) is 51.5 Å². The third-order valence-electron chi connectivity index (χ3n) is 4.88. The van der Waals surface area contributed by atoms with Crippen LogP contribution in [0.4, 0.5) is 0 Å². The molecule has 8 heteroatoms. The first-order valence-electron chi connectivity index (χ1n) is 9.76. The summed E-state index contributed by atoms with van der Waals surface area (Å²) in [5.41, 5.74) is -0.259.